The summed E-state index contributed by atoms with van der Waals surface area (Å²) in [5, 5.41) is 4.07. The van der Waals surface area contributed by atoms with Gasteiger partial charge in [-0.3, -0.25) is 14.6 Å². The molecule has 1 N–H and O–H groups in total. The van der Waals surface area contributed by atoms with Crippen molar-refractivity contribution in [3.8, 4) is 0 Å². The number of nitrogens with zero attached hydrogens (tertiary/aromatic N) is 6. The molecular formula is C26H29Cl2N7O2. The number of ether oxygens (including phenoxy) is 1. The van der Waals surface area contributed by atoms with Gasteiger partial charge in [0.15, 0.2) is 0 Å². The van der Waals surface area contributed by atoms with E-state index in [9.17, 15) is 4.79 Å². The van der Waals surface area contributed by atoms with Crippen molar-refractivity contribution in [3.63, 3.8) is 0 Å². The number of fused-ring (bicyclic) bond motifs is 1. The summed E-state index contributed by atoms with van der Waals surface area (Å²) in [4.78, 5) is 30.4. The second-order valence-corrected chi connectivity index (χ2v) is 10.1. The van der Waals surface area contributed by atoms with Crippen LogP contribution in [0.3, 0.4) is 0 Å². The zero-order valence-electron chi connectivity index (χ0n) is 21.0. The van der Waals surface area contributed by atoms with E-state index in [0.717, 1.165) is 31.0 Å². The second-order valence-electron chi connectivity index (χ2n) is 9.28. The lowest BCUT2D eigenvalue weighted by molar-refractivity contribution is 0.0981. The first kappa shape index (κ1) is 25.5. The molecule has 3 aromatic rings. The third-order valence-corrected chi connectivity index (χ3v) is 7.40. The molecule has 194 valence electrons. The Morgan fingerprint density at radius 1 is 1.08 bits per heavy atom. The number of carbonyl (C=O) groups is 1. The Bertz CT molecular complexity index is 1270. The van der Waals surface area contributed by atoms with Crippen LogP contribution in [0.4, 0.5) is 28.8 Å². The molecule has 5 rings (SSSR count). The minimum atomic E-state index is -0.252. The number of nitrogens with one attached hydrogen (secondary N) is 1. The third kappa shape index (κ3) is 5.17. The summed E-state index contributed by atoms with van der Waals surface area (Å²) in [6.45, 7) is 3.84. The van der Waals surface area contributed by atoms with Crippen LogP contribution in [-0.4, -0.2) is 80.9 Å². The average molecular weight is 542 g/mol. The molecule has 37 heavy (non-hydrogen) atoms. The SMILES string of the molecule is COC[C@H]1CN(c2ccc(Nc3ncc4c(n3)N(C)CN(c3c(Cl)cccc3Cl)C4=O)cc2)CCN1C. The van der Waals surface area contributed by atoms with E-state index in [0.29, 0.717) is 45.7 Å². The van der Waals surface area contributed by atoms with Gasteiger partial charge in [-0.25, -0.2) is 4.98 Å². The lowest BCUT2D eigenvalue weighted by Gasteiger charge is -2.40. The molecule has 2 aliphatic rings. The highest BCUT2D eigenvalue weighted by Crippen LogP contribution is 2.37. The molecule has 2 aliphatic heterocycles. The summed E-state index contributed by atoms with van der Waals surface area (Å²) < 4.78 is 5.38. The third-order valence-electron chi connectivity index (χ3n) is 6.79. The van der Waals surface area contributed by atoms with Crippen LogP contribution in [0.1, 0.15) is 10.4 Å². The van der Waals surface area contributed by atoms with Gasteiger partial charge in [0.05, 0.1) is 35.1 Å². The molecule has 3 heterocycles. The van der Waals surface area contributed by atoms with Gasteiger partial charge in [-0.05, 0) is 43.4 Å². The second kappa shape index (κ2) is 10.7. The van der Waals surface area contributed by atoms with Gasteiger partial charge in [-0.1, -0.05) is 29.3 Å². The summed E-state index contributed by atoms with van der Waals surface area (Å²) in [6, 6.07) is 13.7. The summed E-state index contributed by atoms with van der Waals surface area (Å²) >= 11 is 12.7. The number of halogens is 2. The zero-order chi connectivity index (χ0) is 26.1. The fourth-order valence-electron chi connectivity index (χ4n) is 4.72. The molecule has 0 bridgehead atoms. The number of hydrogen-bond donors (Lipinski definition) is 1. The Morgan fingerprint density at radius 2 is 1.81 bits per heavy atom. The van der Waals surface area contributed by atoms with Crippen LogP contribution in [0.5, 0.6) is 0 Å². The van der Waals surface area contributed by atoms with Gasteiger partial charge in [0, 0.05) is 51.4 Å². The number of aromatic nitrogens is 2. The molecule has 0 spiro atoms. The van der Waals surface area contributed by atoms with Gasteiger partial charge in [-0.2, -0.15) is 4.98 Å². The average Bonchev–Trinajstić information content (AvgIpc) is 2.89. The maximum atomic E-state index is 13.3. The number of para-hydroxylation sites is 1. The molecule has 1 atom stereocenters. The topological polar surface area (TPSA) is 77.1 Å². The van der Waals surface area contributed by atoms with Gasteiger partial charge in [0.25, 0.3) is 5.91 Å². The van der Waals surface area contributed by atoms with Crippen LogP contribution < -0.4 is 20.0 Å². The molecule has 1 aromatic heterocycles. The molecule has 2 aromatic carbocycles. The molecule has 1 amide bonds. The lowest BCUT2D eigenvalue weighted by Crippen LogP contribution is -2.53. The number of amides is 1. The van der Waals surface area contributed by atoms with Crippen LogP contribution in [-0.2, 0) is 4.74 Å². The molecule has 0 unspecified atom stereocenters. The van der Waals surface area contributed by atoms with Gasteiger partial charge < -0.3 is 19.9 Å². The minimum absolute atomic E-state index is 0.252. The Hall–Kier alpha value is -3.11. The van der Waals surface area contributed by atoms with Crippen molar-refractivity contribution in [2.75, 3.05) is 74.1 Å². The van der Waals surface area contributed by atoms with Crippen molar-refractivity contribution in [1.82, 2.24) is 14.9 Å². The van der Waals surface area contributed by atoms with Crippen molar-refractivity contribution in [1.29, 1.82) is 0 Å². The van der Waals surface area contributed by atoms with Crippen molar-refractivity contribution in [2.24, 2.45) is 0 Å². The summed E-state index contributed by atoms with van der Waals surface area (Å²) in [6.07, 6.45) is 1.54. The first-order valence-electron chi connectivity index (χ1n) is 12.0. The van der Waals surface area contributed by atoms with Crippen molar-refractivity contribution in [3.05, 3.63) is 64.3 Å². The van der Waals surface area contributed by atoms with Gasteiger partial charge >= 0.3 is 0 Å². The van der Waals surface area contributed by atoms with Gasteiger partial charge in [0.2, 0.25) is 5.95 Å². The van der Waals surface area contributed by atoms with Crippen LogP contribution in [0.25, 0.3) is 0 Å². The number of piperazine rings is 1. The van der Waals surface area contributed by atoms with E-state index in [2.05, 4.69) is 44.3 Å². The first-order chi connectivity index (χ1) is 17.9. The molecule has 11 heteroatoms. The predicted molar refractivity (Wildman–Crippen MR) is 149 cm³/mol. The standard InChI is InChI=1S/C26H29Cl2N7O2/c1-32-11-12-34(14-19(32)15-37-3)18-9-7-17(8-10-18)30-26-29-13-20-24(31-26)33(2)16-35(25(20)36)23-21(27)5-4-6-22(23)28/h4-10,13,19H,11-12,14-16H2,1-3H3,(H,29,30,31)/t19-/m1/s1. The molecule has 1 fully saturated rings. The normalized spacial score (nSPS) is 18.2. The monoisotopic (exact) mass is 541 g/mol. The number of carbonyl (C=O) groups excluding carboxylic acids is 1. The van der Waals surface area contributed by atoms with Crippen LogP contribution in [0.15, 0.2) is 48.7 Å². The highest BCUT2D eigenvalue weighted by molar-refractivity contribution is 6.40. The molecular weight excluding hydrogens is 513 g/mol. The number of methoxy groups -OCH3 is 1. The Morgan fingerprint density at radius 3 is 2.51 bits per heavy atom. The van der Waals surface area contributed by atoms with Crippen LogP contribution in [0, 0.1) is 0 Å². The molecule has 9 nitrogen and oxygen atoms in total. The Balaban J connectivity index is 1.31. The molecule has 0 saturated carbocycles. The Labute approximate surface area is 226 Å². The maximum Gasteiger partial charge on any atom is 0.265 e. The smallest absolute Gasteiger partial charge is 0.265 e. The van der Waals surface area contributed by atoms with Crippen molar-refractivity contribution in [2.45, 2.75) is 6.04 Å². The molecule has 0 radical (unpaired) electrons. The number of rotatable bonds is 6. The summed E-state index contributed by atoms with van der Waals surface area (Å²) in [5.74, 6) is 0.702. The lowest BCUT2D eigenvalue weighted by atomic mass is 10.1. The highest BCUT2D eigenvalue weighted by Gasteiger charge is 2.32. The van der Waals surface area contributed by atoms with Gasteiger partial charge in [-0.15, -0.1) is 0 Å². The quantitative estimate of drug-likeness (QED) is 0.493. The van der Waals surface area contributed by atoms with Crippen molar-refractivity contribution >= 4 is 57.9 Å². The minimum Gasteiger partial charge on any atom is -0.383 e. The molecule has 0 aliphatic carbocycles. The fourth-order valence-corrected chi connectivity index (χ4v) is 5.32. The zero-order valence-corrected chi connectivity index (χ0v) is 22.5. The van der Waals surface area contributed by atoms with E-state index in [1.54, 1.807) is 25.3 Å². The summed E-state index contributed by atoms with van der Waals surface area (Å²) in [7, 11) is 5.75. The van der Waals surface area contributed by atoms with E-state index in [1.165, 1.54) is 11.1 Å². The van der Waals surface area contributed by atoms with E-state index >= 15 is 0 Å². The van der Waals surface area contributed by atoms with E-state index < -0.39 is 0 Å². The number of hydrogen-bond acceptors (Lipinski definition) is 8. The number of benzene rings is 2. The first-order valence-corrected chi connectivity index (χ1v) is 12.8. The number of likely N-dealkylation sites (N-methyl/N-ethyl adjacent to an activating group) is 1. The Kier molecular flexibility index (Phi) is 7.39. The maximum absolute atomic E-state index is 13.3. The van der Waals surface area contributed by atoms with Crippen LogP contribution in [0.2, 0.25) is 10.0 Å². The van der Waals surface area contributed by atoms with Crippen LogP contribution >= 0.6 is 23.2 Å². The van der Waals surface area contributed by atoms with E-state index in [-0.39, 0.29) is 12.6 Å². The van der Waals surface area contributed by atoms with Gasteiger partial charge in [0.1, 0.15) is 11.4 Å². The largest absolute Gasteiger partial charge is 0.383 e. The highest BCUT2D eigenvalue weighted by atomic mass is 35.5. The summed E-state index contributed by atoms with van der Waals surface area (Å²) in [5.41, 5.74) is 2.88. The van der Waals surface area contributed by atoms with E-state index in [1.807, 2.05) is 24.1 Å². The fraction of sp³-hybridized carbons (Fsp3) is 0.346. The molecule has 1 saturated heterocycles. The predicted octanol–water partition coefficient (Wildman–Crippen LogP) is 4.35. The number of anilines is 5. The van der Waals surface area contributed by atoms with E-state index in [4.69, 9.17) is 27.9 Å². The van der Waals surface area contributed by atoms with Crippen molar-refractivity contribution < 1.29 is 9.53 Å².